The molecular formula is C33H34F2N8O3. The van der Waals surface area contributed by atoms with Gasteiger partial charge in [-0.2, -0.15) is 4.98 Å². The lowest BCUT2D eigenvalue weighted by atomic mass is 9.98. The number of piperazine rings is 1. The van der Waals surface area contributed by atoms with E-state index in [9.17, 15) is 14.4 Å². The summed E-state index contributed by atoms with van der Waals surface area (Å²) in [4.78, 5) is 58.1. The number of halogens is 2. The lowest BCUT2D eigenvalue weighted by molar-refractivity contribution is -0.126. The molecule has 0 unspecified atom stereocenters. The molecule has 3 aromatic heterocycles. The fourth-order valence-corrected chi connectivity index (χ4v) is 6.45. The second-order valence-electron chi connectivity index (χ2n) is 11.9. The zero-order chi connectivity index (χ0) is 32.9. The van der Waals surface area contributed by atoms with Crippen molar-refractivity contribution in [3.8, 4) is 16.9 Å². The predicted octanol–water partition coefficient (Wildman–Crippen LogP) is 4.30. The Kier molecular flexibility index (Phi) is 8.01. The molecular weight excluding hydrogens is 594 g/mol. The van der Waals surface area contributed by atoms with E-state index in [0.717, 1.165) is 0 Å². The van der Waals surface area contributed by atoms with Crippen molar-refractivity contribution < 1.29 is 18.4 Å². The van der Waals surface area contributed by atoms with Gasteiger partial charge in [0, 0.05) is 44.0 Å². The normalized spacial score (nSPS) is 16.6. The number of fused-ring (bicyclic) bond motifs is 5. The summed E-state index contributed by atoms with van der Waals surface area (Å²) in [5, 5.41) is 0.196. The lowest BCUT2D eigenvalue weighted by Crippen LogP contribution is -2.54. The molecule has 1 atom stereocenters. The SMILES string of the molecule is C=CC(=O)N1CCN(c2nc(=O)n3c4nc(c(F)cc24)-c2c(F)cccc2CCCN(C(N)=O)c2ccnc(C(C)C)c2-3)[C@@H](C)C1. The molecule has 5 heterocycles. The second-order valence-corrected chi connectivity index (χ2v) is 11.9. The fraction of sp³-hybridized carbons (Fsp3) is 0.333. The number of aryl methyl sites for hydroxylation is 1. The second kappa shape index (κ2) is 12.0. The van der Waals surface area contributed by atoms with Crippen molar-refractivity contribution in [1.82, 2.24) is 24.4 Å². The molecule has 1 fully saturated rings. The Morgan fingerprint density at radius 3 is 2.59 bits per heavy atom. The number of anilines is 2. The Labute approximate surface area is 264 Å². The number of nitrogens with two attached hydrogens (primary N) is 1. The number of rotatable bonds is 3. The van der Waals surface area contributed by atoms with E-state index in [1.54, 1.807) is 23.2 Å². The van der Waals surface area contributed by atoms with Gasteiger partial charge in [0.25, 0.3) is 0 Å². The van der Waals surface area contributed by atoms with Crippen molar-refractivity contribution in [3.05, 3.63) is 82.6 Å². The van der Waals surface area contributed by atoms with Crippen LogP contribution in [0.25, 0.3) is 28.0 Å². The number of hydrogen-bond donors (Lipinski definition) is 1. The van der Waals surface area contributed by atoms with E-state index in [2.05, 4.69) is 16.5 Å². The van der Waals surface area contributed by atoms with E-state index in [0.29, 0.717) is 49.4 Å². The molecule has 4 aromatic rings. The molecule has 2 bridgehead atoms. The van der Waals surface area contributed by atoms with E-state index in [4.69, 9.17) is 10.7 Å². The molecule has 238 valence electrons. The van der Waals surface area contributed by atoms with E-state index in [-0.39, 0.29) is 58.2 Å². The molecule has 0 saturated carbocycles. The van der Waals surface area contributed by atoms with Crippen molar-refractivity contribution in [3.63, 3.8) is 0 Å². The standard InChI is InChI=1S/C33H34F2N8O3/c1-5-25(44)40-14-15-41(19(4)17-40)30-21-16-23(35)28-26-20(8-6-10-22(26)34)9-7-13-42(32(36)45)24-11-12-37-27(18(2)3)29(24)43(31(21)38-28)33(46)39-30/h5-6,8,10-12,16,18-19H,1,7,9,13-15,17H2,2-4H3,(H2,36,45)/t19-/m0/s1. The minimum absolute atomic E-state index is 0.0125. The average Bonchev–Trinajstić information content (AvgIpc) is 3.02. The van der Waals surface area contributed by atoms with Gasteiger partial charge in [0.15, 0.2) is 5.65 Å². The summed E-state index contributed by atoms with van der Waals surface area (Å²) in [7, 11) is 0. The number of amides is 3. The summed E-state index contributed by atoms with van der Waals surface area (Å²) in [6.45, 7) is 10.3. The summed E-state index contributed by atoms with van der Waals surface area (Å²) in [5.41, 5.74) is 6.40. The number of nitrogens with zero attached hydrogens (tertiary/aromatic N) is 7. The zero-order valence-corrected chi connectivity index (χ0v) is 25.8. The monoisotopic (exact) mass is 628 g/mol. The average molecular weight is 629 g/mol. The quantitative estimate of drug-likeness (QED) is 0.335. The van der Waals surface area contributed by atoms with Crippen LogP contribution in [0.4, 0.5) is 25.1 Å². The topological polar surface area (TPSA) is 131 Å². The molecule has 2 aliphatic heterocycles. The highest BCUT2D eigenvalue weighted by atomic mass is 19.1. The lowest BCUT2D eigenvalue weighted by Gasteiger charge is -2.40. The van der Waals surface area contributed by atoms with Crippen LogP contribution in [-0.2, 0) is 11.2 Å². The highest BCUT2D eigenvalue weighted by molar-refractivity contribution is 5.96. The Bertz CT molecular complexity index is 1960. The van der Waals surface area contributed by atoms with Gasteiger partial charge < -0.3 is 15.5 Å². The van der Waals surface area contributed by atoms with Crippen LogP contribution in [-0.4, -0.2) is 68.6 Å². The maximum atomic E-state index is 16.3. The molecule has 2 aliphatic rings. The molecule has 0 radical (unpaired) electrons. The van der Waals surface area contributed by atoms with E-state index in [1.807, 2.05) is 25.7 Å². The van der Waals surface area contributed by atoms with Crippen molar-refractivity contribution in [2.24, 2.45) is 5.73 Å². The molecule has 13 heteroatoms. The smallest absolute Gasteiger partial charge is 0.351 e. The number of primary amides is 1. The first-order valence-electron chi connectivity index (χ1n) is 15.2. The summed E-state index contributed by atoms with van der Waals surface area (Å²) in [6.07, 6.45) is 3.45. The first kappa shape index (κ1) is 30.8. The van der Waals surface area contributed by atoms with Crippen LogP contribution in [0.15, 0.2) is 54.0 Å². The predicted molar refractivity (Wildman–Crippen MR) is 171 cm³/mol. The summed E-state index contributed by atoms with van der Waals surface area (Å²) < 4.78 is 33.0. The largest absolute Gasteiger partial charge is 0.355 e. The van der Waals surface area contributed by atoms with Crippen LogP contribution in [0.1, 0.15) is 44.4 Å². The maximum Gasteiger partial charge on any atom is 0.355 e. The third-order valence-electron chi connectivity index (χ3n) is 8.61. The van der Waals surface area contributed by atoms with Crippen LogP contribution < -0.4 is 21.2 Å². The number of hydrogen-bond acceptors (Lipinski definition) is 7. The number of aromatic nitrogens is 4. The Morgan fingerprint density at radius 2 is 1.89 bits per heavy atom. The van der Waals surface area contributed by atoms with Crippen LogP contribution in [0.3, 0.4) is 0 Å². The van der Waals surface area contributed by atoms with Crippen molar-refractivity contribution in [2.75, 3.05) is 36.0 Å². The Balaban J connectivity index is 1.72. The number of urea groups is 1. The summed E-state index contributed by atoms with van der Waals surface area (Å²) >= 11 is 0. The van der Waals surface area contributed by atoms with E-state index < -0.39 is 23.4 Å². The molecule has 6 rings (SSSR count). The highest BCUT2D eigenvalue weighted by Gasteiger charge is 2.32. The number of carbonyl (C=O) groups excluding carboxylic acids is 2. The van der Waals surface area contributed by atoms with Crippen molar-refractivity contribution in [1.29, 1.82) is 0 Å². The molecule has 0 aliphatic carbocycles. The fourth-order valence-electron chi connectivity index (χ4n) is 6.45. The molecule has 0 spiro atoms. The van der Waals surface area contributed by atoms with Crippen molar-refractivity contribution in [2.45, 2.75) is 45.6 Å². The molecule has 1 aromatic carbocycles. The number of carbonyl (C=O) groups is 2. The highest BCUT2D eigenvalue weighted by Crippen LogP contribution is 2.38. The van der Waals surface area contributed by atoms with Gasteiger partial charge in [-0.05, 0) is 55.5 Å². The summed E-state index contributed by atoms with van der Waals surface area (Å²) in [6, 6.07) is 6.23. The van der Waals surface area contributed by atoms with Gasteiger partial charge in [-0.15, -0.1) is 0 Å². The first-order chi connectivity index (χ1) is 22.0. The third kappa shape index (κ3) is 5.15. The van der Waals surface area contributed by atoms with Crippen LogP contribution in [0.5, 0.6) is 0 Å². The van der Waals surface area contributed by atoms with Gasteiger partial charge in [0.1, 0.15) is 23.1 Å². The van der Waals surface area contributed by atoms with Crippen LogP contribution in [0, 0.1) is 11.6 Å². The van der Waals surface area contributed by atoms with Crippen molar-refractivity contribution >= 4 is 34.5 Å². The molecule has 2 N–H and O–H groups in total. The van der Waals surface area contributed by atoms with Gasteiger partial charge in [0.2, 0.25) is 5.91 Å². The number of pyridine rings is 2. The van der Waals surface area contributed by atoms with Gasteiger partial charge >= 0.3 is 11.7 Å². The van der Waals surface area contributed by atoms with Gasteiger partial charge in [-0.3, -0.25) is 14.7 Å². The zero-order valence-electron chi connectivity index (χ0n) is 25.8. The minimum atomic E-state index is -0.786. The van der Waals surface area contributed by atoms with Crippen LogP contribution in [0.2, 0.25) is 0 Å². The third-order valence-corrected chi connectivity index (χ3v) is 8.61. The Morgan fingerprint density at radius 1 is 1.11 bits per heavy atom. The number of benzene rings is 1. The maximum absolute atomic E-state index is 16.3. The molecule has 11 nitrogen and oxygen atoms in total. The van der Waals surface area contributed by atoms with Crippen LogP contribution >= 0.6 is 0 Å². The molecule has 46 heavy (non-hydrogen) atoms. The van der Waals surface area contributed by atoms with E-state index >= 15 is 8.78 Å². The van der Waals surface area contributed by atoms with Gasteiger partial charge in [0.05, 0.1) is 22.5 Å². The molecule has 3 amide bonds. The minimum Gasteiger partial charge on any atom is -0.351 e. The molecule has 1 saturated heterocycles. The Hall–Kier alpha value is -5.20. The summed E-state index contributed by atoms with van der Waals surface area (Å²) in [5.74, 6) is -1.73. The van der Waals surface area contributed by atoms with Gasteiger partial charge in [-0.25, -0.2) is 27.9 Å². The van der Waals surface area contributed by atoms with E-state index in [1.165, 1.54) is 33.7 Å². The first-order valence-corrected chi connectivity index (χ1v) is 15.2. The van der Waals surface area contributed by atoms with Gasteiger partial charge in [-0.1, -0.05) is 32.6 Å².